The number of carbonyl (C=O) groups is 2. The summed E-state index contributed by atoms with van der Waals surface area (Å²) in [7, 11) is 1.00. The lowest BCUT2D eigenvalue weighted by molar-refractivity contribution is -0.141. The van der Waals surface area contributed by atoms with E-state index in [1.165, 1.54) is 11.1 Å². The Hall–Kier alpha value is -1.50. The Bertz CT molecular complexity index is 828. The summed E-state index contributed by atoms with van der Waals surface area (Å²) in [5.41, 5.74) is 5.65. The van der Waals surface area contributed by atoms with Crippen LogP contribution in [0, 0.1) is 11.8 Å². The molecule has 2 unspecified atom stereocenters. The monoisotopic (exact) mass is 554 g/mol. The highest BCUT2D eigenvalue weighted by atomic mass is 79.9. The average molecular weight is 556 g/mol. The first-order chi connectivity index (χ1) is 15.0. The number of fused-ring (bicyclic) bond motifs is 1. The molecule has 1 aliphatic carbocycles. The number of alkyl halides is 2. The molecule has 6 heteroatoms. The largest absolute Gasteiger partial charge is 0.481 e. The normalized spacial score (nSPS) is 15.2. The maximum absolute atomic E-state index is 12.2. The highest BCUT2D eigenvalue weighted by Crippen LogP contribution is 2.32. The van der Waals surface area contributed by atoms with Crippen molar-refractivity contribution < 1.29 is 19.8 Å². The van der Waals surface area contributed by atoms with Gasteiger partial charge in [0.25, 0.3) is 0 Å². The summed E-state index contributed by atoms with van der Waals surface area (Å²) < 4.78 is 0. The van der Waals surface area contributed by atoms with Crippen LogP contribution in [0.15, 0.2) is 42.5 Å². The Balaban J connectivity index is 0.000000337. The first-order valence-electron chi connectivity index (χ1n) is 10.5. The molecular weight excluding hydrogens is 524 g/mol. The molecule has 2 aromatic rings. The van der Waals surface area contributed by atoms with E-state index >= 15 is 0 Å². The molecule has 2 aromatic carbocycles. The number of aliphatic hydroxyl groups is 1. The Morgan fingerprint density at radius 3 is 2.00 bits per heavy atom. The van der Waals surface area contributed by atoms with E-state index in [1.807, 2.05) is 32.0 Å². The molecule has 170 valence electrons. The van der Waals surface area contributed by atoms with Crippen molar-refractivity contribution in [3.63, 3.8) is 0 Å². The summed E-state index contributed by atoms with van der Waals surface area (Å²) in [6.45, 7) is 3.92. The fraction of sp³-hybridized carbons (Fsp3) is 0.440. The Kier molecular flexibility index (Phi) is 12.9. The smallest absolute Gasteiger partial charge is 0.306 e. The quantitative estimate of drug-likeness (QED) is 0.399. The molecule has 3 rings (SSSR count). The summed E-state index contributed by atoms with van der Waals surface area (Å²) in [6.07, 6.45) is 2.77. The molecule has 0 saturated carbocycles. The summed E-state index contributed by atoms with van der Waals surface area (Å²) in [5.74, 6) is -0.803. The fourth-order valence-electron chi connectivity index (χ4n) is 3.68. The van der Waals surface area contributed by atoms with Gasteiger partial charge in [-0.05, 0) is 47.9 Å². The lowest BCUT2D eigenvalue weighted by atomic mass is 9.92. The molecule has 0 heterocycles. The van der Waals surface area contributed by atoms with Crippen LogP contribution in [0.2, 0.25) is 0 Å². The van der Waals surface area contributed by atoms with Crippen molar-refractivity contribution in [2.24, 2.45) is 11.8 Å². The van der Waals surface area contributed by atoms with Gasteiger partial charge in [-0.15, -0.1) is 0 Å². The minimum absolute atomic E-state index is 0.0843. The molecule has 0 amide bonds. The lowest BCUT2D eigenvalue weighted by Gasteiger charge is -2.13. The molecule has 31 heavy (non-hydrogen) atoms. The minimum atomic E-state index is -0.753. The van der Waals surface area contributed by atoms with Crippen LogP contribution in [0.5, 0.6) is 0 Å². The average Bonchev–Trinajstić information content (AvgIpc) is 3.15. The third-order valence-electron chi connectivity index (χ3n) is 5.57. The second-order valence-electron chi connectivity index (χ2n) is 7.30. The van der Waals surface area contributed by atoms with E-state index in [0.717, 1.165) is 47.3 Å². The topological polar surface area (TPSA) is 74.6 Å². The molecule has 0 radical (unpaired) electrons. The van der Waals surface area contributed by atoms with Gasteiger partial charge in [-0.1, -0.05) is 88.2 Å². The molecule has 2 N–H and O–H groups in total. The summed E-state index contributed by atoms with van der Waals surface area (Å²) in [6, 6.07) is 14.1. The van der Waals surface area contributed by atoms with Gasteiger partial charge in [0.05, 0.1) is 5.92 Å². The number of rotatable bonds is 7. The number of carbonyl (C=O) groups excluding carboxylic acids is 1. The van der Waals surface area contributed by atoms with Gasteiger partial charge >= 0.3 is 5.97 Å². The number of halogens is 2. The van der Waals surface area contributed by atoms with Crippen molar-refractivity contribution in [1.82, 2.24) is 0 Å². The molecule has 0 bridgehead atoms. The Morgan fingerprint density at radius 1 is 1.00 bits per heavy atom. The van der Waals surface area contributed by atoms with E-state index in [2.05, 4.69) is 56.1 Å². The number of carboxylic acids is 1. The maximum atomic E-state index is 12.2. The molecule has 0 fully saturated rings. The van der Waals surface area contributed by atoms with Gasteiger partial charge in [0.1, 0.15) is 0 Å². The fourth-order valence-corrected chi connectivity index (χ4v) is 4.77. The molecule has 0 aliphatic heterocycles. The van der Waals surface area contributed by atoms with Crippen molar-refractivity contribution in [3.8, 4) is 0 Å². The second kappa shape index (κ2) is 14.5. The molecule has 2 atom stereocenters. The van der Waals surface area contributed by atoms with Gasteiger partial charge in [0.15, 0.2) is 5.78 Å². The summed E-state index contributed by atoms with van der Waals surface area (Å²) in [4.78, 5) is 23.3. The summed E-state index contributed by atoms with van der Waals surface area (Å²) in [5, 5.41) is 18.0. The standard InChI is InChI=1S/C16H20O3.C8H8Br2.CH4O/c1-3-10-9-14-12(8-11(4-2)16(18)19)6-5-7-13(14)15(10)17;9-5-7-3-1-2-4-8(7)6-10;1-2/h5-7,10-11H,3-4,8-9H2,1-2H3,(H,18,19);1-4H,5-6H2;2H,1H3. The van der Waals surface area contributed by atoms with Crippen LogP contribution in [-0.4, -0.2) is 29.1 Å². The van der Waals surface area contributed by atoms with Gasteiger partial charge in [-0.2, -0.15) is 0 Å². The third-order valence-corrected chi connectivity index (χ3v) is 6.78. The SMILES string of the molecule is BrCc1ccccc1CBr.CCC(Cc1cccc2c1CC(CC)C2=O)C(=O)O.CO. The van der Waals surface area contributed by atoms with Gasteiger partial charge < -0.3 is 10.2 Å². The highest BCUT2D eigenvalue weighted by Gasteiger charge is 2.31. The van der Waals surface area contributed by atoms with Crippen LogP contribution >= 0.6 is 31.9 Å². The highest BCUT2D eigenvalue weighted by molar-refractivity contribution is 9.09. The lowest BCUT2D eigenvalue weighted by Crippen LogP contribution is -2.16. The number of aliphatic hydroxyl groups excluding tert-OH is 1. The number of carboxylic acid groups (broad SMARTS) is 1. The molecule has 0 aromatic heterocycles. The zero-order chi connectivity index (χ0) is 23.4. The number of ketones is 1. The first kappa shape index (κ1) is 27.5. The van der Waals surface area contributed by atoms with Crippen molar-refractivity contribution in [3.05, 3.63) is 70.3 Å². The molecule has 4 nitrogen and oxygen atoms in total. The van der Waals surface area contributed by atoms with Gasteiger partial charge in [0.2, 0.25) is 0 Å². The van der Waals surface area contributed by atoms with Crippen molar-refractivity contribution in [2.45, 2.75) is 50.2 Å². The van der Waals surface area contributed by atoms with Gasteiger partial charge in [-0.3, -0.25) is 9.59 Å². The first-order valence-corrected chi connectivity index (χ1v) is 12.7. The zero-order valence-corrected chi connectivity index (χ0v) is 21.6. The van der Waals surface area contributed by atoms with Crippen LogP contribution < -0.4 is 0 Å². The van der Waals surface area contributed by atoms with Crippen LogP contribution in [0.25, 0.3) is 0 Å². The van der Waals surface area contributed by atoms with Crippen molar-refractivity contribution >= 4 is 43.6 Å². The van der Waals surface area contributed by atoms with Crippen LogP contribution in [-0.2, 0) is 28.3 Å². The van der Waals surface area contributed by atoms with E-state index in [-0.39, 0.29) is 17.6 Å². The van der Waals surface area contributed by atoms with Crippen LogP contribution in [0.3, 0.4) is 0 Å². The van der Waals surface area contributed by atoms with E-state index < -0.39 is 5.97 Å². The predicted octanol–water partition coefficient (Wildman–Crippen LogP) is 6.19. The molecular formula is C25H32Br2O4. The number of Topliss-reactive ketones (excluding diaryl/α,β-unsaturated/α-hetero) is 1. The number of aliphatic carboxylic acids is 1. The van der Waals surface area contributed by atoms with Gasteiger partial charge in [-0.25, -0.2) is 0 Å². The second-order valence-corrected chi connectivity index (χ2v) is 8.42. The van der Waals surface area contributed by atoms with Crippen LogP contribution in [0.1, 0.15) is 59.3 Å². The van der Waals surface area contributed by atoms with E-state index in [1.54, 1.807) is 0 Å². The van der Waals surface area contributed by atoms with Crippen molar-refractivity contribution in [1.29, 1.82) is 0 Å². The number of hydrogen-bond donors (Lipinski definition) is 2. The van der Waals surface area contributed by atoms with E-state index in [9.17, 15) is 9.59 Å². The third kappa shape index (κ3) is 7.55. The Morgan fingerprint density at radius 2 is 1.55 bits per heavy atom. The Labute approximate surface area is 202 Å². The number of benzene rings is 2. The molecule has 0 saturated heterocycles. The number of hydrogen-bond acceptors (Lipinski definition) is 3. The summed E-state index contributed by atoms with van der Waals surface area (Å²) >= 11 is 6.86. The minimum Gasteiger partial charge on any atom is -0.481 e. The van der Waals surface area contributed by atoms with E-state index in [4.69, 9.17) is 10.2 Å². The van der Waals surface area contributed by atoms with Crippen molar-refractivity contribution in [2.75, 3.05) is 7.11 Å². The molecule has 0 spiro atoms. The van der Waals surface area contributed by atoms with Crippen LogP contribution in [0.4, 0.5) is 0 Å². The van der Waals surface area contributed by atoms with E-state index in [0.29, 0.717) is 12.8 Å². The predicted molar refractivity (Wildman–Crippen MR) is 133 cm³/mol. The maximum Gasteiger partial charge on any atom is 0.306 e. The molecule has 1 aliphatic rings. The zero-order valence-electron chi connectivity index (χ0n) is 18.4. The van der Waals surface area contributed by atoms with Gasteiger partial charge in [0, 0.05) is 29.3 Å².